The van der Waals surface area contributed by atoms with Crippen LogP contribution in [0, 0.1) is 0 Å². The van der Waals surface area contributed by atoms with Crippen LogP contribution in [0.5, 0.6) is 0 Å². The summed E-state index contributed by atoms with van der Waals surface area (Å²) in [5, 5.41) is 2.79. The predicted molar refractivity (Wildman–Crippen MR) is 82.7 cm³/mol. The zero-order chi connectivity index (χ0) is 14.1. The van der Waals surface area contributed by atoms with Gasteiger partial charge >= 0.3 is 0 Å². The number of fused-ring (bicyclic) bond motifs is 1. The number of halogens is 1. The Morgan fingerprint density at radius 1 is 1.40 bits per heavy atom. The zero-order valence-corrected chi connectivity index (χ0v) is 12.7. The second kappa shape index (κ2) is 5.72. The molecule has 3 nitrogen and oxygen atoms in total. The summed E-state index contributed by atoms with van der Waals surface area (Å²) in [6.45, 7) is 1.62. The molecular weight excluding hydrogens is 292 g/mol. The molecule has 3 rings (SSSR count). The first-order valence-corrected chi connectivity index (χ1v) is 8.07. The average molecular weight is 309 g/mol. The molecule has 1 atom stereocenters. The van der Waals surface area contributed by atoms with E-state index in [-0.39, 0.29) is 5.91 Å². The van der Waals surface area contributed by atoms with Gasteiger partial charge in [-0.15, -0.1) is 11.3 Å². The minimum Gasteiger partial charge on any atom is -0.368 e. The first kappa shape index (κ1) is 13.9. The van der Waals surface area contributed by atoms with Gasteiger partial charge in [-0.25, -0.2) is 0 Å². The predicted octanol–water partition coefficient (Wildman–Crippen LogP) is 2.80. The molecule has 1 aromatic heterocycles. The van der Waals surface area contributed by atoms with Crippen LogP contribution in [0.4, 0.5) is 0 Å². The van der Waals surface area contributed by atoms with E-state index < -0.39 is 6.04 Å². The maximum atomic E-state index is 12.0. The number of rotatable bonds is 3. The average Bonchev–Trinajstić information content (AvgIpc) is 2.88. The Morgan fingerprint density at radius 3 is 2.95 bits per heavy atom. The molecule has 0 aromatic carbocycles. The summed E-state index contributed by atoms with van der Waals surface area (Å²) in [5.74, 6) is -0.316. The second-order valence-electron chi connectivity index (χ2n) is 5.18. The lowest BCUT2D eigenvalue weighted by molar-refractivity contribution is -0.122. The second-order valence-corrected chi connectivity index (χ2v) is 6.59. The van der Waals surface area contributed by atoms with Gasteiger partial charge in [0.2, 0.25) is 5.91 Å². The van der Waals surface area contributed by atoms with Crippen molar-refractivity contribution in [3.8, 4) is 0 Å². The molecule has 0 spiro atoms. The van der Waals surface area contributed by atoms with Crippen molar-refractivity contribution in [2.75, 3.05) is 6.54 Å². The van der Waals surface area contributed by atoms with E-state index in [4.69, 9.17) is 17.3 Å². The largest absolute Gasteiger partial charge is 0.368 e. The monoisotopic (exact) mass is 308 g/mol. The van der Waals surface area contributed by atoms with Crippen LogP contribution in [-0.4, -0.2) is 23.4 Å². The lowest BCUT2D eigenvalue weighted by Gasteiger charge is -2.34. The summed E-state index contributed by atoms with van der Waals surface area (Å²) in [7, 11) is 0. The smallest absolute Gasteiger partial charge is 0.239 e. The normalized spacial score (nSPS) is 20.9. The van der Waals surface area contributed by atoms with Gasteiger partial charge in [-0.05, 0) is 41.8 Å². The van der Waals surface area contributed by atoms with Crippen molar-refractivity contribution in [3.05, 3.63) is 44.6 Å². The van der Waals surface area contributed by atoms with Gasteiger partial charge in [0, 0.05) is 23.0 Å². The van der Waals surface area contributed by atoms with Crippen LogP contribution in [0.2, 0.25) is 0 Å². The third-order valence-electron chi connectivity index (χ3n) is 3.90. The Hall–Kier alpha value is -1.10. The molecule has 1 aromatic rings. The molecule has 0 fully saturated rings. The molecule has 2 heterocycles. The number of nitrogens with zero attached hydrogens (tertiary/aromatic N) is 1. The minimum absolute atomic E-state index is 0.316. The van der Waals surface area contributed by atoms with Crippen molar-refractivity contribution in [3.63, 3.8) is 0 Å². The number of primary amides is 1. The minimum atomic E-state index is -0.410. The highest BCUT2D eigenvalue weighted by atomic mass is 35.5. The number of carbonyl (C=O) groups excluding carboxylic acids is 1. The summed E-state index contributed by atoms with van der Waals surface area (Å²) < 4.78 is 0. The molecule has 0 bridgehead atoms. The van der Waals surface area contributed by atoms with E-state index in [1.165, 1.54) is 10.4 Å². The van der Waals surface area contributed by atoms with E-state index >= 15 is 0 Å². The van der Waals surface area contributed by atoms with E-state index in [0.29, 0.717) is 5.03 Å². The molecule has 106 valence electrons. The van der Waals surface area contributed by atoms with Gasteiger partial charge in [0.05, 0.1) is 0 Å². The number of thiophene rings is 1. The first-order valence-electron chi connectivity index (χ1n) is 6.81. The zero-order valence-electron chi connectivity index (χ0n) is 11.1. The quantitative estimate of drug-likeness (QED) is 0.933. The number of allylic oxidation sites excluding steroid dienone is 2. The summed E-state index contributed by atoms with van der Waals surface area (Å²) in [5.41, 5.74) is 7.84. The van der Waals surface area contributed by atoms with Gasteiger partial charge in [-0.3, -0.25) is 9.69 Å². The topological polar surface area (TPSA) is 46.3 Å². The molecule has 2 aliphatic rings. The van der Waals surface area contributed by atoms with Gasteiger partial charge < -0.3 is 5.73 Å². The number of amides is 1. The summed E-state index contributed by atoms with van der Waals surface area (Å²) in [6, 6.07) is 1.73. The van der Waals surface area contributed by atoms with E-state index in [9.17, 15) is 4.79 Å². The summed E-state index contributed by atoms with van der Waals surface area (Å²) in [4.78, 5) is 15.5. The summed E-state index contributed by atoms with van der Waals surface area (Å²) in [6.07, 6.45) is 6.87. The van der Waals surface area contributed by atoms with Crippen molar-refractivity contribution >= 4 is 28.8 Å². The third kappa shape index (κ3) is 2.55. The highest BCUT2D eigenvalue weighted by Gasteiger charge is 2.32. The highest BCUT2D eigenvalue weighted by Crippen LogP contribution is 2.31. The number of carbonyl (C=O) groups is 1. The molecule has 20 heavy (non-hydrogen) atoms. The van der Waals surface area contributed by atoms with Gasteiger partial charge in [-0.2, -0.15) is 0 Å². The fourth-order valence-corrected chi connectivity index (χ4v) is 4.11. The summed E-state index contributed by atoms with van der Waals surface area (Å²) >= 11 is 8.07. The Labute approximate surface area is 127 Å². The molecular formula is C15H17ClN2OS. The van der Waals surface area contributed by atoms with Crippen LogP contribution in [0.1, 0.15) is 23.3 Å². The van der Waals surface area contributed by atoms with Gasteiger partial charge in [-0.1, -0.05) is 23.8 Å². The van der Waals surface area contributed by atoms with Gasteiger partial charge in [0.25, 0.3) is 0 Å². The molecule has 1 aliphatic heterocycles. The Morgan fingerprint density at radius 2 is 2.20 bits per heavy atom. The third-order valence-corrected chi connectivity index (χ3v) is 5.29. The molecule has 1 aliphatic carbocycles. The van der Waals surface area contributed by atoms with Crippen LogP contribution < -0.4 is 5.73 Å². The van der Waals surface area contributed by atoms with E-state index in [1.807, 2.05) is 6.08 Å². The fraction of sp³-hybridized carbons (Fsp3) is 0.400. The lowest BCUT2D eigenvalue weighted by Crippen LogP contribution is -2.48. The molecule has 0 saturated carbocycles. The highest BCUT2D eigenvalue weighted by molar-refractivity contribution is 7.10. The molecule has 0 unspecified atom stereocenters. The molecule has 1 amide bonds. The van der Waals surface area contributed by atoms with Crippen LogP contribution in [0.15, 0.2) is 34.2 Å². The van der Waals surface area contributed by atoms with Crippen molar-refractivity contribution in [1.82, 2.24) is 4.90 Å². The van der Waals surface area contributed by atoms with E-state index in [2.05, 4.69) is 22.4 Å². The molecule has 2 N–H and O–H groups in total. The number of hydrogen-bond donors (Lipinski definition) is 1. The van der Waals surface area contributed by atoms with Gasteiger partial charge in [0.1, 0.15) is 6.04 Å². The lowest BCUT2D eigenvalue weighted by atomic mass is 9.96. The van der Waals surface area contributed by atoms with E-state index in [0.717, 1.165) is 37.9 Å². The van der Waals surface area contributed by atoms with Crippen molar-refractivity contribution in [1.29, 1.82) is 0 Å². The van der Waals surface area contributed by atoms with Crippen LogP contribution in [0.25, 0.3) is 0 Å². The SMILES string of the molecule is NC(=O)[C@@H](C1=CCCC=C1Cl)N1CCc2sccc2C1. The Balaban J connectivity index is 1.87. The van der Waals surface area contributed by atoms with Gasteiger partial charge in [0.15, 0.2) is 0 Å². The molecule has 0 saturated heterocycles. The van der Waals surface area contributed by atoms with Crippen LogP contribution >= 0.6 is 22.9 Å². The first-order chi connectivity index (χ1) is 9.66. The maximum absolute atomic E-state index is 12.0. The maximum Gasteiger partial charge on any atom is 0.239 e. The van der Waals surface area contributed by atoms with Crippen molar-refractivity contribution in [2.24, 2.45) is 5.73 Å². The van der Waals surface area contributed by atoms with Crippen LogP contribution in [-0.2, 0) is 17.8 Å². The van der Waals surface area contributed by atoms with Crippen LogP contribution in [0.3, 0.4) is 0 Å². The number of hydrogen-bond acceptors (Lipinski definition) is 3. The fourth-order valence-electron chi connectivity index (χ4n) is 2.93. The number of nitrogens with two attached hydrogens (primary N) is 1. The molecule has 0 radical (unpaired) electrons. The van der Waals surface area contributed by atoms with Crippen molar-refractivity contribution in [2.45, 2.75) is 31.8 Å². The Bertz CT molecular complexity index is 590. The molecule has 5 heteroatoms. The standard InChI is InChI=1S/C15H17ClN2OS/c16-12-4-2-1-3-11(12)14(15(17)19)18-7-5-13-10(9-18)6-8-20-13/h3-4,6,8,14H,1-2,5,7,9H2,(H2,17,19)/t14-/m1/s1. The Kier molecular flexibility index (Phi) is 3.96. The van der Waals surface area contributed by atoms with E-state index in [1.54, 1.807) is 11.3 Å². The van der Waals surface area contributed by atoms with Crippen molar-refractivity contribution < 1.29 is 4.79 Å².